The fraction of sp³-hybridized carbons (Fsp3) is 0.571. The van der Waals surface area contributed by atoms with E-state index >= 15 is 0 Å². The zero-order chi connectivity index (χ0) is 15.3. The smallest absolute Gasteiger partial charge is 0.387 e. The first-order chi connectivity index (χ1) is 9.23. The number of halogens is 3. The van der Waals surface area contributed by atoms with Crippen LogP contribution in [0.5, 0.6) is 0 Å². The SMILES string of the molecule is CC(C)N(CC(O)c1ccc(CN)cc1)CC(F)(F)F. The van der Waals surface area contributed by atoms with Gasteiger partial charge in [-0.1, -0.05) is 24.3 Å². The van der Waals surface area contributed by atoms with E-state index in [-0.39, 0.29) is 12.6 Å². The van der Waals surface area contributed by atoms with Crippen LogP contribution < -0.4 is 5.73 Å². The third-order valence-corrected chi connectivity index (χ3v) is 3.12. The molecule has 114 valence electrons. The molecule has 0 heterocycles. The minimum atomic E-state index is -4.27. The maximum absolute atomic E-state index is 12.5. The summed E-state index contributed by atoms with van der Waals surface area (Å²) in [4.78, 5) is 1.21. The molecule has 0 saturated carbocycles. The lowest BCUT2D eigenvalue weighted by Gasteiger charge is -2.29. The lowest BCUT2D eigenvalue weighted by molar-refractivity contribution is -0.152. The Balaban J connectivity index is 2.71. The lowest BCUT2D eigenvalue weighted by Crippen LogP contribution is -2.41. The van der Waals surface area contributed by atoms with Crippen LogP contribution in [0.2, 0.25) is 0 Å². The van der Waals surface area contributed by atoms with Crippen molar-refractivity contribution in [2.24, 2.45) is 5.73 Å². The standard InChI is InChI=1S/C14H21F3N2O/c1-10(2)19(9-14(15,16)17)8-13(20)12-5-3-11(7-18)4-6-12/h3-6,10,13,20H,7-9,18H2,1-2H3. The van der Waals surface area contributed by atoms with E-state index < -0.39 is 18.8 Å². The quantitative estimate of drug-likeness (QED) is 0.846. The van der Waals surface area contributed by atoms with Gasteiger partial charge in [0.15, 0.2) is 0 Å². The molecule has 0 aliphatic heterocycles. The first kappa shape index (κ1) is 16.9. The number of aliphatic hydroxyl groups is 1. The number of hydrogen-bond donors (Lipinski definition) is 2. The van der Waals surface area contributed by atoms with Crippen molar-refractivity contribution in [1.82, 2.24) is 4.90 Å². The van der Waals surface area contributed by atoms with Gasteiger partial charge in [-0.25, -0.2) is 0 Å². The first-order valence-electron chi connectivity index (χ1n) is 6.50. The molecule has 0 aliphatic rings. The maximum atomic E-state index is 12.5. The number of nitrogens with zero attached hydrogens (tertiary/aromatic N) is 1. The summed E-state index contributed by atoms with van der Waals surface area (Å²) in [6.07, 6.45) is -5.22. The molecule has 6 heteroatoms. The number of aliphatic hydroxyl groups excluding tert-OH is 1. The Morgan fingerprint density at radius 3 is 2.15 bits per heavy atom. The molecule has 1 rings (SSSR count). The minimum absolute atomic E-state index is 0.0564. The van der Waals surface area contributed by atoms with Crippen LogP contribution in [0.25, 0.3) is 0 Å². The summed E-state index contributed by atoms with van der Waals surface area (Å²) in [7, 11) is 0. The van der Waals surface area contributed by atoms with Crippen LogP contribution >= 0.6 is 0 Å². The second-order valence-electron chi connectivity index (χ2n) is 5.10. The highest BCUT2D eigenvalue weighted by Crippen LogP contribution is 2.21. The van der Waals surface area contributed by atoms with Gasteiger partial charge in [0.25, 0.3) is 0 Å². The van der Waals surface area contributed by atoms with E-state index in [1.807, 2.05) is 0 Å². The van der Waals surface area contributed by atoms with E-state index in [0.29, 0.717) is 12.1 Å². The Kier molecular flexibility index (Phi) is 5.98. The molecule has 0 radical (unpaired) electrons. The number of nitrogens with two attached hydrogens (primary N) is 1. The number of alkyl halides is 3. The molecule has 0 bridgehead atoms. The summed E-state index contributed by atoms with van der Waals surface area (Å²) >= 11 is 0. The molecule has 0 fully saturated rings. The number of hydrogen-bond acceptors (Lipinski definition) is 3. The topological polar surface area (TPSA) is 49.5 Å². The van der Waals surface area contributed by atoms with Crippen LogP contribution in [0.15, 0.2) is 24.3 Å². The summed E-state index contributed by atoms with van der Waals surface area (Å²) in [6.45, 7) is 2.66. The Labute approximate surface area is 117 Å². The van der Waals surface area contributed by atoms with Gasteiger partial charge in [0.2, 0.25) is 0 Å². The van der Waals surface area contributed by atoms with Crippen LogP contribution in [0.4, 0.5) is 13.2 Å². The third kappa shape index (κ3) is 5.48. The molecular weight excluding hydrogens is 269 g/mol. The molecule has 1 aromatic rings. The van der Waals surface area contributed by atoms with Crippen LogP contribution in [0, 0.1) is 0 Å². The van der Waals surface area contributed by atoms with E-state index in [2.05, 4.69) is 0 Å². The minimum Gasteiger partial charge on any atom is -0.387 e. The van der Waals surface area contributed by atoms with Crippen LogP contribution in [-0.2, 0) is 6.54 Å². The van der Waals surface area contributed by atoms with Crippen molar-refractivity contribution < 1.29 is 18.3 Å². The molecule has 3 nitrogen and oxygen atoms in total. The molecule has 1 atom stereocenters. The fourth-order valence-corrected chi connectivity index (χ4v) is 1.89. The molecule has 1 aromatic carbocycles. The van der Waals surface area contributed by atoms with Crippen LogP contribution in [0.1, 0.15) is 31.1 Å². The van der Waals surface area contributed by atoms with Crippen LogP contribution in [0.3, 0.4) is 0 Å². The van der Waals surface area contributed by atoms with Gasteiger partial charge in [-0.3, -0.25) is 4.90 Å². The zero-order valence-electron chi connectivity index (χ0n) is 11.7. The van der Waals surface area contributed by atoms with Gasteiger partial charge in [0.1, 0.15) is 0 Å². The van der Waals surface area contributed by atoms with E-state index in [9.17, 15) is 18.3 Å². The van der Waals surface area contributed by atoms with Crippen molar-refractivity contribution >= 4 is 0 Å². The van der Waals surface area contributed by atoms with Crippen molar-refractivity contribution in [2.45, 2.75) is 38.7 Å². The van der Waals surface area contributed by atoms with Crippen molar-refractivity contribution in [3.05, 3.63) is 35.4 Å². The van der Waals surface area contributed by atoms with E-state index in [0.717, 1.165) is 5.56 Å². The molecule has 0 saturated heterocycles. The molecule has 1 unspecified atom stereocenters. The summed E-state index contributed by atoms with van der Waals surface area (Å²) in [5, 5.41) is 10.1. The monoisotopic (exact) mass is 290 g/mol. The second kappa shape index (κ2) is 7.06. The van der Waals surface area contributed by atoms with Gasteiger partial charge >= 0.3 is 6.18 Å². The highest BCUT2D eigenvalue weighted by molar-refractivity contribution is 5.24. The molecule has 0 aliphatic carbocycles. The van der Waals surface area contributed by atoms with Crippen molar-refractivity contribution in [3.63, 3.8) is 0 Å². The molecule has 3 N–H and O–H groups in total. The first-order valence-corrected chi connectivity index (χ1v) is 6.50. The van der Waals surface area contributed by atoms with Crippen molar-refractivity contribution in [1.29, 1.82) is 0 Å². The largest absolute Gasteiger partial charge is 0.401 e. The van der Waals surface area contributed by atoms with Crippen LogP contribution in [-0.4, -0.2) is 35.3 Å². The van der Waals surface area contributed by atoms with Gasteiger partial charge in [0.05, 0.1) is 12.6 Å². The molecular formula is C14H21F3N2O. The normalized spacial score (nSPS) is 14.1. The Hall–Kier alpha value is -1.11. The van der Waals surface area contributed by atoms with Gasteiger partial charge in [-0.15, -0.1) is 0 Å². The van der Waals surface area contributed by atoms with Gasteiger partial charge in [0, 0.05) is 19.1 Å². The average Bonchev–Trinajstić information content (AvgIpc) is 2.36. The van der Waals surface area contributed by atoms with E-state index in [1.165, 1.54) is 4.90 Å². The second-order valence-corrected chi connectivity index (χ2v) is 5.10. The summed E-state index contributed by atoms with van der Waals surface area (Å²) in [6, 6.07) is 6.62. The van der Waals surface area contributed by atoms with Gasteiger partial charge in [-0.05, 0) is 25.0 Å². The van der Waals surface area contributed by atoms with Gasteiger partial charge < -0.3 is 10.8 Å². The van der Waals surface area contributed by atoms with Crippen molar-refractivity contribution in [3.8, 4) is 0 Å². The van der Waals surface area contributed by atoms with Crippen molar-refractivity contribution in [2.75, 3.05) is 13.1 Å². The Bertz CT molecular complexity index is 404. The molecule has 0 amide bonds. The Morgan fingerprint density at radius 1 is 1.20 bits per heavy atom. The third-order valence-electron chi connectivity index (χ3n) is 3.12. The Morgan fingerprint density at radius 2 is 1.75 bits per heavy atom. The molecule has 0 aromatic heterocycles. The lowest BCUT2D eigenvalue weighted by atomic mass is 10.1. The summed E-state index contributed by atoms with van der Waals surface area (Å²) < 4.78 is 37.4. The summed E-state index contributed by atoms with van der Waals surface area (Å²) in [5.41, 5.74) is 6.98. The number of rotatable bonds is 6. The predicted molar refractivity (Wildman–Crippen MR) is 72.1 cm³/mol. The maximum Gasteiger partial charge on any atom is 0.401 e. The van der Waals surface area contributed by atoms with E-state index in [4.69, 9.17) is 5.73 Å². The zero-order valence-corrected chi connectivity index (χ0v) is 11.7. The molecule has 20 heavy (non-hydrogen) atoms. The number of benzene rings is 1. The fourth-order valence-electron chi connectivity index (χ4n) is 1.89. The van der Waals surface area contributed by atoms with Gasteiger partial charge in [-0.2, -0.15) is 13.2 Å². The average molecular weight is 290 g/mol. The highest BCUT2D eigenvalue weighted by Gasteiger charge is 2.32. The summed E-state index contributed by atoms with van der Waals surface area (Å²) in [5.74, 6) is 0. The van der Waals surface area contributed by atoms with E-state index in [1.54, 1.807) is 38.1 Å². The molecule has 0 spiro atoms. The highest BCUT2D eigenvalue weighted by atomic mass is 19.4. The predicted octanol–water partition coefficient (Wildman–Crippen LogP) is 2.45.